The number of nitrogens with zero attached hydrogens (tertiary/aromatic N) is 3. The van der Waals surface area contributed by atoms with Crippen molar-refractivity contribution in [2.75, 3.05) is 44.6 Å². The smallest absolute Gasteiger partial charge is 0.266 e. The molecule has 0 radical (unpaired) electrons. The SMILES string of the molecule is CCN(CC)CCN(CCO)C(=O)c1ccc(C=Cc2n[nH]c3ccccc23)c(NC(=O)c2sccc2C)c1. The molecule has 0 spiro atoms. The minimum Gasteiger partial charge on any atom is -0.395 e. The summed E-state index contributed by atoms with van der Waals surface area (Å²) in [5.41, 5.74) is 4.34. The van der Waals surface area contributed by atoms with Crippen molar-refractivity contribution in [1.29, 1.82) is 0 Å². The number of nitrogens with one attached hydrogen (secondary N) is 2. The molecular weight excluding hydrogens is 510 g/mol. The Morgan fingerprint density at radius 3 is 2.56 bits per heavy atom. The fourth-order valence-corrected chi connectivity index (χ4v) is 5.25. The van der Waals surface area contributed by atoms with Crippen molar-refractivity contribution in [2.24, 2.45) is 0 Å². The Hall–Kier alpha value is -3.79. The van der Waals surface area contributed by atoms with Crippen LogP contribution in [0.1, 0.15) is 50.7 Å². The number of aryl methyl sites for hydroxylation is 1. The predicted molar refractivity (Wildman–Crippen MR) is 159 cm³/mol. The van der Waals surface area contributed by atoms with Gasteiger partial charge in [-0.25, -0.2) is 0 Å². The fraction of sp³-hybridized carbons (Fsp3) is 0.300. The quantitative estimate of drug-likeness (QED) is 0.229. The molecule has 0 bridgehead atoms. The first-order chi connectivity index (χ1) is 18.9. The second-order valence-corrected chi connectivity index (χ2v) is 10.1. The lowest BCUT2D eigenvalue weighted by atomic mass is 10.1. The van der Waals surface area contributed by atoms with Crippen LogP contribution in [0.15, 0.2) is 53.9 Å². The lowest BCUT2D eigenvalue weighted by Gasteiger charge is -2.26. The summed E-state index contributed by atoms with van der Waals surface area (Å²) in [5, 5.41) is 22.9. The molecule has 4 aromatic rings. The number of thiophene rings is 1. The van der Waals surface area contributed by atoms with E-state index in [1.165, 1.54) is 11.3 Å². The molecule has 3 N–H and O–H groups in total. The lowest BCUT2D eigenvalue weighted by molar-refractivity contribution is 0.0701. The van der Waals surface area contributed by atoms with Gasteiger partial charge in [-0.05, 0) is 66.9 Å². The summed E-state index contributed by atoms with van der Waals surface area (Å²) >= 11 is 1.38. The minimum atomic E-state index is -0.222. The van der Waals surface area contributed by atoms with Crippen LogP contribution < -0.4 is 5.32 Å². The van der Waals surface area contributed by atoms with E-state index in [4.69, 9.17) is 0 Å². The van der Waals surface area contributed by atoms with Crippen LogP contribution >= 0.6 is 11.3 Å². The van der Waals surface area contributed by atoms with E-state index in [2.05, 4.69) is 34.3 Å². The zero-order chi connectivity index (χ0) is 27.8. The molecule has 204 valence electrons. The number of hydrogen-bond donors (Lipinski definition) is 3. The predicted octanol–water partition coefficient (Wildman–Crippen LogP) is 5.13. The number of carbonyl (C=O) groups is 2. The number of likely N-dealkylation sites (N-methyl/N-ethyl adjacent to an activating group) is 1. The number of fused-ring (bicyclic) bond motifs is 1. The average Bonchev–Trinajstić information content (AvgIpc) is 3.57. The highest BCUT2D eigenvalue weighted by Crippen LogP contribution is 2.25. The number of amides is 2. The highest BCUT2D eigenvalue weighted by atomic mass is 32.1. The van der Waals surface area contributed by atoms with Crippen molar-refractivity contribution in [1.82, 2.24) is 20.0 Å². The van der Waals surface area contributed by atoms with E-state index < -0.39 is 0 Å². The first-order valence-corrected chi connectivity index (χ1v) is 14.1. The van der Waals surface area contributed by atoms with Crippen molar-refractivity contribution in [3.05, 3.63) is 81.2 Å². The molecule has 9 heteroatoms. The number of anilines is 1. The minimum absolute atomic E-state index is 0.121. The van der Waals surface area contributed by atoms with E-state index in [0.717, 1.165) is 47.4 Å². The molecule has 0 aliphatic carbocycles. The van der Waals surface area contributed by atoms with Crippen LogP contribution in [0.5, 0.6) is 0 Å². The van der Waals surface area contributed by atoms with Gasteiger partial charge in [-0.1, -0.05) is 44.2 Å². The Balaban J connectivity index is 1.65. The second kappa shape index (κ2) is 13.3. The van der Waals surface area contributed by atoms with Crippen molar-refractivity contribution in [3.63, 3.8) is 0 Å². The maximum Gasteiger partial charge on any atom is 0.266 e. The fourth-order valence-electron chi connectivity index (χ4n) is 4.43. The molecule has 0 aliphatic heterocycles. The molecule has 0 aliphatic rings. The van der Waals surface area contributed by atoms with E-state index in [9.17, 15) is 14.7 Å². The molecule has 2 aromatic heterocycles. The molecule has 8 nitrogen and oxygen atoms in total. The summed E-state index contributed by atoms with van der Waals surface area (Å²) in [4.78, 5) is 31.2. The zero-order valence-corrected chi connectivity index (χ0v) is 23.4. The van der Waals surface area contributed by atoms with Gasteiger partial charge in [0.25, 0.3) is 11.8 Å². The van der Waals surface area contributed by atoms with Gasteiger partial charge in [-0.15, -0.1) is 11.3 Å². The van der Waals surface area contributed by atoms with Gasteiger partial charge in [-0.2, -0.15) is 5.10 Å². The molecule has 2 aromatic carbocycles. The third-order valence-corrected chi connectivity index (χ3v) is 7.79. The van der Waals surface area contributed by atoms with Gasteiger partial charge in [-0.3, -0.25) is 14.7 Å². The summed E-state index contributed by atoms with van der Waals surface area (Å²) in [6.07, 6.45) is 3.78. The number of aromatic nitrogens is 2. The largest absolute Gasteiger partial charge is 0.395 e. The van der Waals surface area contributed by atoms with Crippen molar-refractivity contribution in [2.45, 2.75) is 20.8 Å². The molecule has 39 heavy (non-hydrogen) atoms. The Morgan fingerprint density at radius 1 is 1.05 bits per heavy atom. The topological polar surface area (TPSA) is 102 Å². The lowest BCUT2D eigenvalue weighted by Crippen LogP contribution is -2.40. The first kappa shape index (κ1) is 28.2. The van der Waals surface area contributed by atoms with Gasteiger partial charge in [0, 0.05) is 36.3 Å². The molecule has 2 amide bonds. The summed E-state index contributed by atoms with van der Waals surface area (Å²) in [5.74, 6) is -0.409. The number of H-pyrrole nitrogens is 1. The maximum atomic E-state index is 13.5. The summed E-state index contributed by atoms with van der Waals surface area (Å²) in [7, 11) is 0. The number of aliphatic hydroxyl groups is 1. The molecule has 0 fully saturated rings. The van der Waals surface area contributed by atoms with Gasteiger partial charge >= 0.3 is 0 Å². The number of rotatable bonds is 12. The van der Waals surface area contributed by atoms with Crippen molar-refractivity contribution >= 4 is 51.9 Å². The molecular formula is C30H35N5O3S. The standard InChI is InChI=1S/C30H35N5O3S/c1-4-34(5-2)15-16-35(17-18-36)30(38)23-11-10-22(12-13-26-24-8-6-7-9-25(24)32-33-26)27(20-23)31-29(37)28-21(3)14-19-39-28/h6-14,19-20,36H,4-5,15-18H2,1-3H3,(H,31,37)(H,32,33). The molecule has 0 saturated heterocycles. The van der Waals surface area contributed by atoms with Crippen molar-refractivity contribution in [3.8, 4) is 0 Å². The van der Waals surface area contributed by atoms with E-state index in [0.29, 0.717) is 22.7 Å². The van der Waals surface area contributed by atoms with Gasteiger partial charge in [0.05, 0.1) is 22.7 Å². The Morgan fingerprint density at radius 2 is 1.85 bits per heavy atom. The van der Waals surface area contributed by atoms with Crippen molar-refractivity contribution < 1.29 is 14.7 Å². The Labute approximate surface area is 233 Å². The summed E-state index contributed by atoms with van der Waals surface area (Å²) in [6, 6.07) is 15.1. The Kier molecular flexibility index (Phi) is 9.64. The molecule has 2 heterocycles. The summed E-state index contributed by atoms with van der Waals surface area (Å²) < 4.78 is 0. The maximum absolute atomic E-state index is 13.5. The van der Waals surface area contributed by atoms with Gasteiger partial charge < -0.3 is 20.2 Å². The van der Waals surface area contributed by atoms with Crippen LogP contribution in [0, 0.1) is 6.92 Å². The molecule has 0 atom stereocenters. The van der Waals surface area contributed by atoms with E-state index in [1.807, 2.05) is 60.9 Å². The normalized spacial score (nSPS) is 11.5. The third kappa shape index (κ3) is 6.81. The van der Waals surface area contributed by atoms with E-state index in [-0.39, 0.29) is 25.0 Å². The van der Waals surface area contributed by atoms with Gasteiger partial charge in [0.15, 0.2) is 0 Å². The second-order valence-electron chi connectivity index (χ2n) is 9.22. The number of para-hydroxylation sites is 1. The highest BCUT2D eigenvalue weighted by molar-refractivity contribution is 7.12. The van der Waals surface area contributed by atoms with Crippen LogP contribution in [0.3, 0.4) is 0 Å². The highest BCUT2D eigenvalue weighted by Gasteiger charge is 2.19. The molecule has 0 saturated carbocycles. The van der Waals surface area contributed by atoms with Crippen LogP contribution in [0.25, 0.3) is 23.1 Å². The first-order valence-electron chi connectivity index (χ1n) is 13.2. The average molecular weight is 546 g/mol. The number of hydrogen-bond acceptors (Lipinski definition) is 6. The van der Waals surface area contributed by atoms with Gasteiger partial charge in [0.2, 0.25) is 0 Å². The number of carbonyl (C=O) groups excluding carboxylic acids is 2. The third-order valence-electron chi connectivity index (χ3n) is 6.78. The zero-order valence-electron chi connectivity index (χ0n) is 22.6. The van der Waals surface area contributed by atoms with Crippen LogP contribution in [-0.4, -0.2) is 76.2 Å². The number of benzene rings is 2. The van der Waals surface area contributed by atoms with E-state index in [1.54, 1.807) is 17.0 Å². The monoisotopic (exact) mass is 545 g/mol. The molecule has 0 unspecified atom stereocenters. The van der Waals surface area contributed by atoms with Crippen LogP contribution in [0.4, 0.5) is 5.69 Å². The van der Waals surface area contributed by atoms with E-state index >= 15 is 0 Å². The van der Waals surface area contributed by atoms with Crippen LogP contribution in [0.2, 0.25) is 0 Å². The summed E-state index contributed by atoms with van der Waals surface area (Å²) in [6.45, 7) is 9.20. The molecule has 4 rings (SSSR count). The van der Waals surface area contributed by atoms with Crippen LogP contribution in [-0.2, 0) is 0 Å². The van der Waals surface area contributed by atoms with Gasteiger partial charge in [0.1, 0.15) is 0 Å². The number of aromatic amines is 1. The number of aliphatic hydroxyl groups excluding tert-OH is 1. The Bertz CT molecular complexity index is 1450.